The Kier molecular flexibility index (Phi) is 6.93. The van der Waals surface area contributed by atoms with Gasteiger partial charge in [0.05, 0.1) is 0 Å². The quantitative estimate of drug-likeness (QED) is 0.733. The zero-order chi connectivity index (χ0) is 16.1. The minimum atomic E-state index is 0.352. The van der Waals surface area contributed by atoms with Gasteiger partial charge in [-0.05, 0) is 55.5 Å². The molecule has 0 amide bonds. The summed E-state index contributed by atoms with van der Waals surface area (Å²) >= 11 is 0. The first-order chi connectivity index (χ1) is 9.64. The minimum Gasteiger partial charge on any atom is -0.330 e. The Morgan fingerprint density at radius 2 is 1.81 bits per heavy atom. The zero-order valence-corrected chi connectivity index (χ0v) is 15.3. The first kappa shape index (κ1) is 18.7. The van der Waals surface area contributed by atoms with E-state index >= 15 is 0 Å². The van der Waals surface area contributed by atoms with Gasteiger partial charge < -0.3 is 5.73 Å². The normalized spacial score (nSPS) is 19.5. The Labute approximate surface area is 133 Å². The van der Waals surface area contributed by atoms with Crippen LogP contribution in [-0.4, -0.2) is 31.1 Å². The van der Waals surface area contributed by atoms with Crippen LogP contribution in [-0.2, 0) is 0 Å². The summed E-state index contributed by atoms with van der Waals surface area (Å²) in [5, 5.41) is 0. The van der Waals surface area contributed by atoms with Gasteiger partial charge in [0.15, 0.2) is 0 Å². The maximum atomic E-state index is 5.78. The molecule has 0 saturated heterocycles. The lowest BCUT2D eigenvalue weighted by Crippen LogP contribution is -2.33. The molecule has 1 aliphatic heterocycles. The Hall–Kier alpha value is -0.340. The highest BCUT2D eigenvalue weighted by atomic mass is 15.1. The van der Waals surface area contributed by atoms with Crippen molar-refractivity contribution in [3.05, 3.63) is 11.6 Å². The summed E-state index contributed by atoms with van der Waals surface area (Å²) in [5.41, 5.74) is 8.15. The third-order valence-corrected chi connectivity index (χ3v) is 5.02. The monoisotopic (exact) mass is 294 g/mol. The van der Waals surface area contributed by atoms with Gasteiger partial charge in [0.1, 0.15) is 0 Å². The molecular weight excluding hydrogens is 256 g/mol. The van der Waals surface area contributed by atoms with Crippen molar-refractivity contribution in [1.29, 1.82) is 0 Å². The van der Waals surface area contributed by atoms with E-state index in [-0.39, 0.29) is 0 Å². The standard InChI is InChI=1S/C19H38N2/c1-18(2,3)16(9-12-20)8-7-13-21-14-10-17(11-15-21)19(4,5)6/h10,16H,7-9,11-15,20H2,1-6H3. The van der Waals surface area contributed by atoms with Gasteiger partial charge in [0.2, 0.25) is 0 Å². The first-order valence-electron chi connectivity index (χ1n) is 8.76. The molecule has 21 heavy (non-hydrogen) atoms. The lowest BCUT2D eigenvalue weighted by Gasteiger charge is -2.34. The van der Waals surface area contributed by atoms with Crippen LogP contribution in [0.1, 0.15) is 67.2 Å². The molecule has 0 aromatic rings. The van der Waals surface area contributed by atoms with Gasteiger partial charge >= 0.3 is 0 Å². The van der Waals surface area contributed by atoms with E-state index in [2.05, 4.69) is 52.5 Å². The zero-order valence-electron chi connectivity index (χ0n) is 15.3. The van der Waals surface area contributed by atoms with Crippen molar-refractivity contribution < 1.29 is 0 Å². The molecular formula is C19H38N2. The van der Waals surface area contributed by atoms with E-state index in [9.17, 15) is 0 Å². The lowest BCUT2D eigenvalue weighted by molar-refractivity contribution is 0.195. The van der Waals surface area contributed by atoms with Crippen molar-refractivity contribution in [2.24, 2.45) is 22.5 Å². The van der Waals surface area contributed by atoms with E-state index in [0.717, 1.165) is 25.4 Å². The van der Waals surface area contributed by atoms with Gasteiger partial charge in [-0.15, -0.1) is 0 Å². The van der Waals surface area contributed by atoms with Crippen molar-refractivity contribution in [2.75, 3.05) is 26.2 Å². The molecule has 1 unspecified atom stereocenters. The van der Waals surface area contributed by atoms with E-state index in [1.165, 1.54) is 32.4 Å². The summed E-state index contributed by atoms with van der Waals surface area (Å²) < 4.78 is 0. The molecule has 2 heteroatoms. The SMILES string of the molecule is CC(C)(C)C1=CCN(CCCC(CCN)C(C)(C)C)CC1. The Morgan fingerprint density at radius 3 is 2.24 bits per heavy atom. The van der Waals surface area contributed by atoms with E-state index in [1.807, 2.05) is 0 Å². The van der Waals surface area contributed by atoms with Crippen LogP contribution in [0.2, 0.25) is 0 Å². The Balaban J connectivity index is 2.36. The molecule has 124 valence electrons. The fourth-order valence-corrected chi connectivity index (χ4v) is 3.37. The maximum absolute atomic E-state index is 5.78. The van der Waals surface area contributed by atoms with Gasteiger partial charge in [-0.3, -0.25) is 4.90 Å². The van der Waals surface area contributed by atoms with Crippen molar-refractivity contribution >= 4 is 0 Å². The van der Waals surface area contributed by atoms with Crippen LogP contribution >= 0.6 is 0 Å². The van der Waals surface area contributed by atoms with Gasteiger partial charge in [0.25, 0.3) is 0 Å². The van der Waals surface area contributed by atoms with E-state index in [4.69, 9.17) is 5.73 Å². The number of hydrogen-bond acceptors (Lipinski definition) is 2. The highest BCUT2D eigenvalue weighted by Crippen LogP contribution is 2.33. The van der Waals surface area contributed by atoms with Crippen LogP contribution in [0, 0.1) is 16.7 Å². The largest absolute Gasteiger partial charge is 0.330 e. The number of nitrogens with two attached hydrogens (primary N) is 1. The fraction of sp³-hybridized carbons (Fsp3) is 0.895. The van der Waals surface area contributed by atoms with E-state index in [0.29, 0.717) is 10.8 Å². The molecule has 1 heterocycles. The molecule has 0 aromatic carbocycles. The van der Waals surface area contributed by atoms with Crippen LogP contribution in [0.25, 0.3) is 0 Å². The molecule has 0 spiro atoms. The molecule has 2 N–H and O–H groups in total. The predicted molar refractivity (Wildman–Crippen MR) is 94.4 cm³/mol. The van der Waals surface area contributed by atoms with E-state index in [1.54, 1.807) is 5.57 Å². The smallest absolute Gasteiger partial charge is 0.0166 e. The summed E-state index contributed by atoms with van der Waals surface area (Å²) in [4.78, 5) is 2.61. The fourth-order valence-electron chi connectivity index (χ4n) is 3.37. The molecule has 0 fully saturated rings. The summed E-state index contributed by atoms with van der Waals surface area (Å²) in [7, 11) is 0. The second-order valence-corrected chi connectivity index (χ2v) is 8.81. The Bertz CT molecular complexity index is 330. The van der Waals surface area contributed by atoms with Gasteiger partial charge in [-0.2, -0.15) is 0 Å². The van der Waals surface area contributed by atoms with Crippen LogP contribution in [0.5, 0.6) is 0 Å². The van der Waals surface area contributed by atoms with Gasteiger partial charge in [0, 0.05) is 13.1 Å². The average molecular weight is 295 g/mol. The van der Waals surface area contributed by atoms with Crippen LogP contribution in [0.3, 0.4) is 0 Å². The molecule has 1 aliphatic rings. The number of hydrogen-bond donors (Lipinski definition) is 1. The van der Waals surface area contributed by atoms with Crippen LogP contribution < -0.4 is 5.73 Å². The molecule has 1 rings (SSSR count). The lowest BCUT2D eigenvalue weighted by atomic mass is 9.76. The molecule has 1 atom stereocenters. The maximum Gasteiger partial charge on any atom is 0.0166 e. The topological polar surface area (TPSA) is 29.3 Å². The van der Waals surface area contributed by atoms with Crippen molar-refractivity contribution in [2.45, 2.75) is 67.2 Å². The van der Waals surface area contributed by atoms with Crippen molar-refractivity contribution in [3.63, 3.8) is 0 Å². The third-order valence-electron chi connectivity index (χ3n) is 5.02. The van der Waals surface area contributed by atoms with Gasteiger partial charge in [-0.1, -0.05) is 53.2 Å². The third kappa shape index (κ3) is 6.52. The second kappa shape index (κ2) is 7.78. The number of rotatable bonds is 6. The molecule has 2 nitrogen and oxygen atoms in total. The molecule has 0 aromatic heterocycles. The number of nitrogens with zero attached hydrogens (tertiary/aromatic N) is 1. The first-order valence-corrected chi connectivity index (χ1v) is 8.76. The molecule has 0 saturated carbocycles. The summed E-state index contributed by atoms with van der Waals surface area (Å²) in [5.74, 6) is 0.757. The molecule has 0 radical (unpaired) electrons. The van der Waals surface area contributed by atoms with Gasteiger partial charge in [-0.25, -0.2) is 0 Å². The summed E-state index contributed by atoms with van der Waals surface area (Å²) in [6.07, 6.45) is 7.49. The van der Waals surface area contributed by atoms with E-state index < -0.39 is 0 Å². The Morgan fingerprint density at radius 1 is 1.14 bits per heavy atom. The minimum absolute atomic E-state index is 0.352. The molecule has 0 aliphatic carbocycles. The highest BCUT2D eigenvalue weighted by molar-refractivity contribution is 5.14. The molecule has 0 bridgehead atoms. The second-order valence-electron chi connectivity index (χ2n) is 8.81. The van der Waals surface area contributed by atoms with Crippen LogP contribution in [0.15, 0.2) is 11.6 Å². The summed E-state index contributed by atoms with van der Waals surface area (Å²) in [6, 6.07) is 0. The van der Waals surface area contributed by atoms with Crippen LogP contribution in [0.4, 0.5) is 0 Å². The van der Waals surface area contributed by atoms with Crippen molar-refractivity contribution in [3.8, 4) is 0 Å². The average Bonchev–Trinajstić information content (AvgIpc) is 2.36. The predicted octanol–water partition coefficient (Wildman–Crippen LogP) is 4.46. The van der Waals surface area contributed by atoms with Crippen molar-refractivity contribution in [1.82, 2.24) is 4.90 Å². The summed E-state index contributed by atoms with van der Waals surface area (Å²) in [6.45, 7) is 18.5. The highest BCUT2D eigenvalue weighted by Gasteiger charge is 2.24.